The quantitative estimate of drug-likeness (QED) is 0.139. The van der Waals surface area contributed by atoms with Crippen LogP contribution in [0.2, 0.25) is 0 Å². The molecule has 0 aromatic heterocycles. The molecule has 0 fully saturated rings. The summed E-state index contributed by atoms with van der Waals surface area (Å²) in [4.78, 5) is 23.9. The Kier molecular flexibility index (Phi) is 6.52. The van der Waals surface area contributed by atoms with Crippen LogP contribution >= 0.6 is 0 Å². The fourth-order valence-corrected chi connectivity index (χ4v) is 0.928. The molecule has 0 heterocycles. The van der Waals surface area contributed by atoms with Crippen LogP contribution in [-0.4, -0.2) is 34.7 Å². The lowest BCUT2D eigenvalue weighted by Crippen LogP contribution is -2.36. The number of hydrogen-bond donors (Lipinski definition) is 4. The van der Waals surface area contributed by atoms with Gasteiger partial charge in [0, 0.05) is 6.54 Å². The van der Waals surface area contributed by atoms with Gasteiger partial charge < -0.3 is 16.6 Å². The Labute approximate surface area is 91.6 Å². The topological polar surface area (TPSA) is 157 Å². The number of nitrogens with zero attached hydrogens (tertiary/aromatic N) is 2. The first-order chi connectivity index (χ1) is 7.43. The van der Waals surface area contributed by atoms with Gasteiger partial charge in [-0.1, -0.05) is 5.43 Å². The van der Waals surface area contributed by atoms with E-state index in [1.54, 1.807) is 5.43 Å². The molecule has 0 amide bonds. The maximum atomic E-state index is 10.3. The molecule has 0 aliphatic rings. The number of nitrogens with two attached hydrogens (primary N) is 2. The second-order valence-corrected chi connectivity index (χ2v) is 3.08. The zero-order chi connectivity index (χ0) is 12.6. The van der Waals surface area contributed by atoms with Crippen molar-refractivity contribution in [3.63, 3.8) is 0 Å². The summed E-state index contributed by atoms with van der Waals surface area (Å²) in [7, 11) is 0. The van der Waals surface area contributed by atoms with Gasteiger partial charge in [-0.3, -0.25) is 4.79 Å². The largest absolute Gasteiger partial charge is 0.480 e. The van der Waals surface area contributed by atoms with Crippen LogP contribution in [0.1, 0.15) is 19.3 Å². The average Bonchev–Trinajstić information content (AvgIpc) is 2.15. The van der Waals surface area contributed by atoms with Gasteiger partial charge in [-0.15, -0.1) is 0 Å². The van der Waals surface area contributed by atoms with Crippen molar-refractivity contribution >= 4 is 11.9 Å². The number of hydrazine groups is 1. The third-order valence-electron chi connectivity index (χ3n) is 1.73. The number of nitrogens with one attached hydrogen (secondary N) is 1. The molecular formula is C7H15N5O4. The van der Waals surface area contributed by atoms with E-state index in [1.807, 2.05) is 0 Å². The van der Waals surface area contributed by atoms with Crippen LogP contribution in [0.5, 0.6) is 0 Å². The molecule has 0 aliphatic heterocycles. The van der Waals surface area contributed by atoms with E-state index in [0.717, 1.165) is 0 Å². The van der Waals surface area contributed by atoms with Crippen molar-refractivity contribution in [3.8, 4) is 0 Å². The van der Waals surface area contributed by atoms with Gasteiger partial charge in [0.1, 0.15) is 6.04 Å². The molecule has 0 radical (unpaired) electrons. The Morgan fingerprint density at radius 3 is 2.69 bits per heavy atom. The second-order valence-electron chi connectivity index (χ2n) is 3.08. The SMILES string of the molecule is NC(=NCCCC[C@H](N)C(=O)O)N[N+](=O)[O-]. The maximum absolute atomic E-state index is 10.3. The molecule has 0 rings (SSSR count). The molecule has 92 valence electrons. The third kappa shape index (κ3) is 7.50. The monoisotopic (exact) mass is 233 g/mol. The van der Waals surface area contributed by atoms with E-state index >= 15 is 0 Å². The van der Waals surface area contributed by atoms with E-state index < -0.39 is 17.0 Å². The predicted octanol–water partition coefficient (Wildman–Crippen LogP) is -1.34. The summed E-state index contributed by atoms with van der Waals surface area (Å²) in [5, 5.41) is 17.6. The second kappa shape index (κ2) is 7.40. The van der Waals surface area contributed by atoms with Gasteiger partial charge in [-0.05, 0) is 19.3 Å². The molecule has 9 heteroatoms. The lowest BCUT2D eigenvalue weighted by atomic mass is 10.1. The summed E-state index contributed by atoms with van der Waals surface area (Å²) in [5.74, 6) is -1.31. The minimum atomic E-state index is -1.04. The molecule has 1 atom stereocenters. The molecule has 0 bridgehead atoms. The number of nitro groups is 1. The van der Waals surface area contributed by atoms with E-state index in [1.165, 1.54) is 0 Å². The van der Waals surface area contributed by atoms with Crippen LogP contribution in [0.3, 0.4) is 0 Å². The van der Waals surface area contributed by atoms with Crippen molar-refractivity contribution in [1.29, 1.82) is 0 Å². The number of aliphatic carboxylic acids is 1. The molecular weight excluding hydrogens is 218 g/mol. The minimum absolute atomic E-state index is 0.271. The van der Waals surface area contributed by atoms with Gasteiger partial charge in [0.15, 0.2) is 5.03 Å². The van der Waals surface area contributed by atoms with Crippen molar-refractivity contribution in [2.24, 2.45) is 16.5 Å². The molecule has 0 saturated heterocycles. The van der Waals surface area contributed by atoms with Gasteiger partial charge in [0.25, 0.3) is 5.96 Å². The fourth-order valence-electron chi connectivity index (χ4n) is 0.928. The summed E-state index contributed by atoms with van der Waals surface area (Å²) in [6, 6.07) is -0.877. The zero-order valence-electron chi connectivity index (χ0n) is 8.63. The van der Waals surface area contributed by atoms with Gasteiger partial charge in [-0.25, -0.2) is 15.1 Å². The normalized spacial score (nSPS) is 13.2. The summed E-state index contributed by atoms with van der Waals surface area (Å²) >= 11 is 0. The van der Waals surface area contributed by atoms with Crippen molar-refractivity contribution in [2.45, 2.75) is 25.3 Å². The number of aliphatic imine (C=N–C) groups is 1. The molecule has 16 heavy (non-hydrogen) atoms. The highest BCUT2D eigenvalue weighted by Crippen LogP contribution is 1.99. The molecule has 0 aliphatic carbocycles. The van der Waals surface area contributed by atoms with Crippen LogP contribution in [0, 0.1) is 10.1 Å². The van der Waals surface area contributed by atoms with Crippen LogP contribution in [0.4, 0.5) is 0 Å². The summed E-state index contributed by atoms with van der Waals surface area (Å²) in [6.07, 6.45) is 1.48. The Balaban J connectivity index is 3.60. The summed E-state index contributed by atoms with van der Waals surface area (Å²) in [6.45, 7) is 0.291. The van der Waals surface area contributed by atoms with E-state index in [9.17, 15) is 14.9 Å². The first-order valence-corrected chi connectivity index (χ1v) is 4.63. The highest BCUT2D eigenvalue weighted by Gasteiger charge is 2.09. The standard InChI is InChI=1S/C7H15N5O4/c8-5(6(13)14)3-1-2-4-10-7(9)11-12(15)16/h5H,1-4,8H2,(H,13,14)(H3,9,10,11)/t5-/m0/s1. The van der Waals surface area contributed by atoms with E-state index in [-0.39, 0.29) is 5.96 Å². The van der Waals surface area contributed by atoms with Crippen molar-refractivity contribution in [3.05, 3.63) is 10.1 Å². The van der Waals surface area contributed by atoms with E-state index in [0.29, 0.717) is 25.8 Å². The Morgan fingerprint density at radius 2 is 2.19 bits per heavy atom. The molecule has 9 nitrogen and oxygen atoms in total. The highest BCUT2D eigenvalue weighted by molar-refractivity contribution is 5.76. The molecule has 0 aromatic carbocycles. The molecule has 0 aromatic rings. The van der Waals surface area contributed by atoms with Gasteiger partial charge in [0.2, 0.25) is 0 Å². The fraction of sp³-hybridized carbons (Fsp3) is 0.714. The number of carboxylic acid groups (broad SMARTS) is 1. The van der Waals surface area contributed by atoms with Crippen LogP contribution < -0.4 is 16.9 Å². The minimum Gasteiger partial charge on any atom is -0.480 e. The average molecular weight is 233 g/mol. The lowest BCUT2D eigenvalue weighted by molar-refractivity contribution is -0.525. The van der Waals surface area contributed by atoms with Crippen LogP contribution in [-0.2, 0) is 4.79 Å². The number of unbranched alkanes of at least 4 members (excludes halogenated alkanes) is 1. The maximum Gasteiger partial charge on any atom is 0.320 e. The summed E-state index contributed by atoms with van der Waals surface area (Å²) in [5.41, 5.74) is 12.1. The third-order valence-corrected chi connectivity index (χ3v) is 1.73. The van der Waals surface area contributed by atoms with Gasteiger partial charge in [0.05, 0.1) is 0 Å². The Hall–Kier alpha value is -1.90. The molecule has 6 N–H and O–H groups in total. The number of rotatable bonds is 7. The zero-order valence-corrected chi connectivity index (χ0v) is 8.63. The molecule has 0 saturated carbocycles. The smallest absolute Gasteiger partial charge is 0.320 e. The number of carbonyl (C=O) groups is 1. The molecule has 0 unspecified atom stereocenters. The first-order valence-electron chi connectivity index (χ1n) is 4.63. The first kappa shape index (κ1) is 14.1. The number of guanidine groups is 1. The van der Waals surface area contributed by atoms with Crippen molar-refractivity contribution in [1.82, 2.24) is 5.43 Å². The van der Waals surface area contributed by atoms with E-state index in [4.69, 9.17) is 16.6 Å². The van der Waals surface area contributed by atoms with Crippen LogP contribution in [0.25, 0.3) is 0 Å². The highest BCUT2D eigenvalue weighted by atomic mass is 16.7. The Morgan fingerprint density at radius 1 is 1.56 bits per heavy atom. The van der Waals surface area contributed by atoms with Crippen LogP contribution in [0.15, 0.2) is 4.99 Å². The summed E-state index contributed by atoms with van der Waals surface area (Å²) < 4.78 is 0. The van der Waals surface area contributed by atoms with Gasteiger partial charge >= 0.3 is 5.97 Å². The number of carboxylic acids is 1. The van der Waals surface area contributed by atoms with Crippen molar-refractivity contribution in [2.75, 3.05) is 6.54 Å². The molecule has 0 spiro atoms. The van der Waals surface area contributed by atoms with E-state index in [2.05, 4.69) is 4.99 Å². The van der Waals surface area contributed by atoms with Gasteiger partial charge in [-0.2, -0.15) is 0 Å². The van der Waals surface area contributed by atoms with Crippen molar-refractivity contribution < 1.29 is 14.9 Å². The lowest BCUT2D eigenvalue weighted by Gasteiger charge is -2.04. The number of hydrogen-bond acceptors (Lipinski definition) is 5. The predicted molar refractivity (Wildman–Crippen MR) is 56.1 cm³/mol. The Bertz CT molecular complexity index is 280.